The first-order chi connectivity index (χ1) is 14.2. The molecule has 0 spiro atoms. The molecule has 0 saturated heterocycles. The Balaban J connectivity index is 1.97. The van der Waals surface area contributed by atoms with Crippen LogP contribution >= 0.6 is 0 Å². The third kappa shape index (κ3) is 6.12. The number of benzene rings is 2. The van der Waals surface area contributed by atoms with Crippen molar-refractivity contribution >= 4 is 17.5 Å². The normalized spacial score (nSPS) is 12.8. The molecule has 8 nitrogen and oxygen atoms in total. The number of amides is 2. The predicted octanol–water partition coefficient (Wildman–Crippen LogP) is 2.69. The molecule has 2 aromatic carbocycles. The highest BCUT2D eigenvalue weighted by molar-refractivity contribution is 5.97. The Bertz CT molecular complexity index is 896. The maximum absolute atomic E-state index is 12.5. The van der Waals surface area contributed by atoms with Crippen molar-refractivity contribution in [3.63, 3.8) is 0 Å². The molecule has 160 valence electrons. The molecule has 2 atom stereocenters. The van der Waals surface area contributed by atoms with Crippen molar-refractivity contribution < 1.29 is 14.5 Å². The van der Waals surface area contributed by atoms with Crippen LogP contribution in [0.3, 0.4) is 0 Å². The second-order valence-corrected chi connectivity index (χ2v) is 7.32. The lowest BCUT2D eigenvalue weighted by Crippen LogP contribution is -2.46. The summed E-state index contributed by atoms with van der Waals surface area (Å²) in [6.45, 7) is 4.06. The number of carbonyl (C=O) groups excluding carboxylic acids is 2. The highest BCUT2D eigenvalue weighted by Gasteiger charge is 2.20. The van der Waals surface area contributed by atoms with Crippen LogP contribution in [0.1, 0.15) is 41.4 Å². The van der Waals surface area contributed by atoms with Crippen LogP contribution in [0, 0.1) is 10.1 Å². The minimum Gasteiger partial charge on any atom is -0.352 e. The summed E-state index contributed by atoms with van der Waals surface area (Å²) in [6.07, 6.45) is 0.964. The second kappa shape index (κ2) is 10.5. The molecule has 0 bridgehead atoms. The average molecular weight is 412 g/mol. The smallest absolute Gasteiger partial charge is 0.270 e. The first kappa shape index (κ1) is 23.0. The monoisotopic (exact) mass is 412 g/mol. The molecule has 0 aliphatic heterocycles. The fourth-order valence-electron chi connectivity index (χ4n) is 3.03. The lowest BCUT2D eigenvalue weighted by atomic mass is 10.0. The molecule has 0 aliphatic carbocycles. The summed E-state index contributed by atoms with van der Waals surface area (Å²) >= 11 is 0. The zero-order valence-electron chi connectivity index (χ0n) is 17.7. The highest BCUT2D eigenvalue weighted by atomic mass is 16.6. The van der Waals surface area contributed by atoms with E-state index in [4.69, 9.17) is 0 Å². The number of nitro groups is 1. The molecule has 2 rings (SSSR count). The van der Waals surface area contributed by atoms with Gasteiger partial charge in [-0.15, -0.1) is 0 Å². The van der Waals surface area contributed by atoms with Gasteiger partial charge in [-0.05, 0) is 44.6 Å². The minimum atomic E-state index is -0.790. The Morgan fingerprint density at radius 1 is 1.13 bits per heavy atom. The number of aryl methyl sites for hydroxylation is 1. The van der Waals surface area contributed by atoms with Gasteiger partial charge in [0.1, 0.15) is 6.04 Å². The number of likely N-dealkylation sites (N-methyl/N-ethyl adjacent to an activating group) is 1. The van der Waals surface area contributed by atoms with Gasteiger partial charge in [0.2, 0.25) is 5.91 Å². The summed E-state index contributed by atoms with van der Waals surface area (Å²) in [5.74, 6) is -0.869. The fraction of sp³-hybridized carbons (Fsp3) is 0.364. The Morgan fingerprint density at radius 3 is 2.37 bits per heavy atom. The molecule has 0 aromatic heterocycles. The number of hydrogen-bond donors (Lipinski definition) is 2. The average Bonchev–Trinajstić information content (AvgIpc) is 2.73. The summed E-state index contributed by atoms with van der Waals surface area (Å²) in [6, 6.07) is 12.9. The number of nitrogens with one attached hydrogen (secondary N) is 2. The van der Waals surface area contributed by atoms with Crippen molar-refractivity contribution in [2.24, 2.45) is 0 Å². The number of rotatable bonds is 9. The van der Waals surface area contributed by atoms with Crippen LogP contribution in [0.2, 0.25) is 0 Å². The molecule has 0 heterocycles. The van der Waals surface area contributed by atoms with Gasteiger partial charge in [0, 0.05) is 24.2 Å². The van der Waals surface area contributed by atoms with E-state index in [2.05, 4.69) is 41.8 Å². The Morgan fingerprint density at radius 2 is 1.80 bits per heavy atom. The van der Waals surface area contributed by atoms with Crippen LogP contribution in [0.15, 0.2) is 48.5 Å². The number of nitrogens with zero attached hydrogens (tertiary/aromatic N) is 2. The summed E-state index contributed by atoms with van der Waals surface area (Å²) in [7, 11) is 3.89. The van der Waals surface area contributed by atoms with Crippen molar-refractivity contribution in [3.8, 4) is 0 Å². The van der Waals surface area contributed by atoms with E-state index in [-0.39, 0.29) is 23.2 Å². The largest absolute Gasteiger partial charge is 0.352 e. The van der Waals surface area contributed by atoms with Crippen LogP contribution in [0.5, 0.6) is 0 Å². The van der Waals surface area contributed by atoms with Gasteiger partial charge in [-0.25, -0.2) is 0 Å². The molecule has 0 aliphatic rings. The third-order valence-corrected chi connectivity index (χ3v) is 4.93. The van der Waals surface area contributed by atoms with Crippen molar-refractivity contribution in [1.82, 2.24) is 15.5 Å². The van der Waals surface area contributed by atoms with E-state index in [1.54, 1.807) is 6.92 Å². The van der Waals surface area contributed by atoms with Crippen LogP contribution in [0.25, 0.3) is 0 Å². The van der Waals surface area contributed by atoms with Crippen molar-refractivity contribution in [2.45, 2.75) is 32.4 Å². The molecule has 2 aromatic rings. The quantitative estimate of drug-likeness (QED) is 0.487. The zero-order chi connectivity index (χ0) is 22.3. The molecule has 2 amide bonds. The highest BCUT2D eigenvalue weighted by Crippen LogP contribution is 2.18. The number of hydrogen-bond acceptors (Lipinski definition) is 5. The number of non-ortho nitro benzene ring substituents is 1. The molecule has 2 unspecified atom stereocenters. The van der Waals surface area contributed by atoms with E-state index < -0.39 is 16.9 Å². The Kier molecular flexibility index (Phi) is 8.06. The van der Waals surface area contributed by atoms with Crippen molar-refractivity contribution in [3.05, 3.63) is 75.3 Å². The van der Waals surface area contributed by atoms with E-state index in [1.165, 1.54) is 29.8 Å². The molecule has 2 N–H and O–H groups in total. The lowest BCUT2D eigenvalue weighted by Gasteiger charge is -2.26. The van der Waals surface area contributed by atoms with Crippen LogP contribution in [0.4, 0.5) is 5.69 Å². The molecular weight excluding hydrogens is 384 g/mol. The van der Waals surface area contributed by atoms with Crippen molar-refractivity contribution in [2.75, 3.05) is 20.6 Å². The standard InChI is InChI=1S/C22H28N4O4/c1-5-16-9-11-17(12-10-16)20(25(3)4)14-23-21(27)15(2)24-22(28)18-7-6-8-19(13-18)26(29)30/h6-13,15,20H,5,14H2,1-4H3,(H,23,27)(H,24,28). The van der Waals surface area contributed by atoms with Gasteiger partial charge in [-0.1, -0.05) is 37.3 Å². The Labute approximate surface area is 176 Å². The van der Waals surface area contributed by atoms with E-state index >= 15 is 0 Å². The molecule has 8 heteroatoms. The topological polar surface area (TPSA) is 105 Å². The zero-order valence-corrected chi connectivity index (χ0v) is 17.7. The van der Waals surface area contributed by atoms with Gasteiger partial charge in [0.15, 0.2) is 0 Å². The van der Waals surface area contributed by atoms with E-state index in [0.29, 0.717) is 6.54 Å². The minimum absolute atomic E-state index is 0.0143. The van der Waals surface area contributed by atoms with Crippen LogP contribution < -0.4 is 10.6 Å². The molecule has 0 saturated carbocycles. The van der Waals surface area contributed by atoms with E-state index in [0.717, 1.165) is 12.0 Å². The summed E-state index contributed by atoms with van der Waals surface area (Å²) in [4.78, 5) is 37.2. The molecule has 30 heavy (non-hydrogen) atoms. The number of carbonyl (C=O) groups is 2. The van der Waals surface area contributed by atoms with Gasteiger partial charge in [-0.3, -0.25) is 19.7 Å². The van der Waals surface area contributed by atoms with Gasteiger partial charge >= 0.3 is 0 Å². The first-order valence-electron chi connectivity index (χ1n) is 9.81. The predicted molar refractivity (Wildman–Crippen MR) is 115 cm³/mol. The summed E-state index contributed by atoms with van der Waals surface area (Å²) in [5.41, 5.74) is 2.29. The van der Waals surface area contributed by atoms with Crippen LogP contribution in [-0.4, -0.2) is 48.3 Å². The molecule has 0 radical (unpaired) electrons. The first-order valence-corrected chi connectivity index (χ1v) is 9.81. The summed E-state index contributed by atoms with van der Waals surface area (Å²) in [5, 5.41) is 16.3. The molecular formula is C22H28N4O4. The summed E-state index contributed by atoms with van der Waals surface area (Å²) < 4.78 is 0. The van der Waals surface area contributed by atoms with Crippen molar-refractivity contribution in [1.29, 1.82) is 0 Å². The van der Waals surface area contributed by atoms with E-state index in [1.807, 2.05) is 19.0 Å². The molecule has 0 fully saturated rings. The maximum atomic E-state index is 12.5. The van der Waals surface area contributed by atoms with Crippen LogP contribution in [-0.2, 0) is 11.2 Å². The van der Waals surface area contributed by atoms with Gasteiger partial charge < -0.3 is 15.5 Å². The maximum Gasteiger partial charge on any atom is 0.270 e. The van der Waals surface area contributed by atoms with Gasteiger partial charge in [-0.2, -0.15) is 0 Å². The second-order valence-electron chi connectivity index (χ2n) is 7.32. The van der Waals surface area contributed by atoms with Gasteiger partial charge in [0.25, 0.3) is 11.6 Å². The van der Waals surface area contributed by atoms with E-state index in [9.17, 15) is 19.7 Å². The lowest BCUT2D eigenvalue weighted by molar-refractivity contribution is -0.384. The van der Waals surface area contributed by atoms with Gasteiger partial charge in [0.05, 0.1) is 11.0 Å². The third-order valence-electron chi connectivity index (χ3n) is 4.93. The number of nitro benzene ring substituents is 1. The Hall–Kier alpha value is -3.26. The fourth-order valence-corrected chi connectivity index (χ4v) is 3.03. The SMILES string of the molecule is CCc1ccc(C(CNC(=O)C(C)NC(=O)c2cccc([N+](=O)[O-])c2)N(C)C)cc1.